The highest BCUT2D eigenvalue weighted by Crippen LogP contribution is 2.25. The molecule has 2 aromatic heterocycles. The van der Waals surface area contributed by atoms with Crippen LogP contribution in [0, 0.1) is 6.92 Å². The number of piperidine rings is 1. The summed E-state index contributed by atoms with van der Waals surface area (Å²) in [5.41, 5.74) is 2.70. The molecule has 3 aromatic rings. The van der Waals surface area contributed by atoms with Crippen molar-refractivity contribution in [1.29, 1.82) is 0 Å². The van der Waals surface area contributed by atoms with Crippen LogP contribution in [0.4, 0.5) is 11.5 Å². The van der Waals surface area contributed by atoms with Gasteiger partial charge in [-0.2, -0.15) is 0 Å². The Morgan fingerprint density at radius 1 is 1.36 bits per heavy atom. The lowest BCUT2D eigenvalue weighted by Crippen LogP contribution is -2.49. The van der Waals surface area contributed by atoms with E-state index in [4.69, 9.17) is 11.6 Å². The summed E-state index contributed by atoms with van der Waals surface area (Å²) < 4.78 is 0. The largest absolute Gasteiger partial charge is 0.376 e. The van der Waals surface area contributed by atoms with E-state index >= 15 is 0 Å². The van der Waals surface area contributed by atoms with Gasteiger partial charge in [0.05, 0.1) is 11.9 Å². The zero-order valence-electron chi connectivity index (χ0n) is 15.7. The summed E-state index contributed by atoms with van der Waals surface area (Å²) in [4.78, 5) is 26.5. The second-order valence-corrected chi connectivity index (χ2v) is 7.51. The second kappa shape index (κ2) is 8.06. The molecule has 1 aliphatic heterocycles. The molecule has 0 bridgehead atoms. The van der Waals surface area contributed by atoms with Gasteiger partial charge in [0.1, 0.15) is 17.8 Å². The molecule has 1 atom stereocenters. The van der Waals surface area contributed by atoms with Crippen LogP contribution in [0.3, 0.4) is 0 Å². The van der Waals surface area contributed by atoms with Crippen LogP contribution in [-0.2, 0) is 4.79 Å². The second-order valence-electron chi connectivity index (χ2n) is 7.11. The average molecular weight is 399 g/mol. The molecule has 146 valence electrons. The molecule has 0 radical (unpaired) electrons. The number of anilines is 2. The highest BCUT2D eigenvalue weighted by atomic mass is 35.5. The average Bonchev–Trinajstić information content (AvgIpc) is 3.18. The molecule has 1 fully saturated rings. The van der Waals surface area contributed by atoms with E-state index in [1.54, 1.807) is 6.33 Å². The zero-order chi connectivity index (χ0) is 19.5. The summed E-state index contributed by atoms with van der Waals surface area (Å²) >= 11 is 6.04. The van der Waals surface area contributed by atoms with Crippen molar-refractivity contribution < 1.29 is 4.79 Å². The van der Waals surface area contributed by atoms with E-state index in [1.165, 1.54) is 0 Å². The van der Waals surface area contributed by atoms with Gasteiger partial charge in [-0.15, -0.1) is 0 Å². The van der Waals surface area contributed by atoms with E-state index in [2.05, 4.69) is 30.5 Å². The summed E-state index contributed by atoms with van der Waals surface area (Å²) in [6.45, 7) is 3.83. The SMILES string of the molecule is Cc1cc(NCC(=O)N[C@@H]2CCCN(c3ncnc4[nH]ccc34)C2)ccc1Cl. The van der Waals surface area contributed by atoms with E-state index < -0.39 is 0 Å². The molecule has 7 nitrogen and oxygen atoms in total. The normalized spacial score (nSPS) is 16.9. The summed E-state index contributed by atoms with van der Waals surface area (Å²) in [6, 6.07) is 7.74. The van der Waals surface area contributed by atoms with Gasteiger partial charge in [-0.05, 0) is 49.6 Å². The van der Waals surface area contributed by atoms with Crippen LogP contribution < -0.4 is 15.5 Å². The third-order valence-corrected chi connectivity index (χ3v) is 5.45. The van der Waals surface area contributed by atoms with Crippen molar-refractivity contribution in [2.45, 2.75) is 25.8 Å². The highest BCUT2D eigenvalue weighted by Gasteiger charge is 2.23. The minimum Gasteiger partial charge on any atom is -0.376 e. The maximum absolute atomic E-state index is 12.4. The Balaban J connectivity index is 1.35. The number of nitrogens with zero attached hydrogens (tertiary/aromatic N) is 3. The molecule has 3 heterocycles. The number of H-pyrrole nitrogens is 1. The lowest BCUT2D eigenvalue weighted by atomic mass is 10.1. The first-order chi connectivity index (χ1) is 13.6. The quantitative estimate of drug-likeness (QED) is 0.614. The van der Waals surface area contributed by atoms with E-state index in [9.17, 15) is 4.79 Å². The molecule has 28 heavy (non-hydrogen) atoms. The van der Waals surface area contributed by atoms with Gasteiger partial charge in [-0.3, -0.25) is 4.79 Å². The Kier molecular flexibility index (Phi) is 5.34. The van der Waals surface area contributed by atoms with Crippen LogP contribution >= 0.6 is 11.6 Å². The molecule has 1 amide bonds. The van der Waals surface area contributed by atoms with E-state index in [-0.39, 0.29) is 18.5 Å². The van der Waals surface area contributed by atoms with E-state index in [0.717, 1.165) is 59.1 Å². The predicted molar refractivity (Wildman–Crippen MR) is 112 cm³/mol. The molecule has 1 aromatic carbocycles. The number of hydrogen-bond donors (Lipinski definition) is 3. The molecule has 4 rings (SSSR count). The van der Waals surface area contributed by atoms with Crippen molar-refractivity contribution in [3.05, 3.63) is 47.4 Å². The molecular formula is C20H23ClN6O. The number of aromatic amines is 1. The van der Waals surface area contributed by atoms with Crippen molar-refractivity contribution in [3.8, 4) is 0 Å². The fourth-order valence-electron chi connectivity index (χ4n) is 3.61. The number of carbonyl (C=O) groups is 1. The van der Waals surface area contributed by atoms with Crippen LogP contribution in [0.2, 0.25) is 5.02 Å². The van der Waals surface area contributed by atoms with Crippen LogP contribution in [0.1, 0.15) is 18.4 Å². The molecule has 3 N–H and O–H groups in total. The number of nitrogens with one attached hydrogen (secondary N) is 3. The number of hydrogen-bond acceptors (Lipinski definition) is 5. The Morgan fingerprint density at radius 3 is 3.11 bits per heavy atom. The smallest absolute Gasteiger partial charge is 0.239 e. The molecule has 8 heteroatoms. The third kappa shape index (κ3) is 4.04. The maximum atomic E-state index is 12.4. The monoisotopic (exact) mass is 398 g/mol. The molecule has 0 spiro atoms. The highest BCUT2D eigenvalue weighted by molar-refractivity contribution is 6.31. The number of benzene rings is 1. The van der Waals surface area contributed by atoms with Crippen molar-refractivity contribution in [2.24, 2.45) is 0 Å². The predicted octanol–water partition coefficient (Wildman–Crippen LogP) is 3.12. The van der Waals surface area contributed by atoms with E-state index in [0.29, 0.717) is 0 Å². The van der Waals surface area contributed by atoms with Gasteiger partial charge in [-0.1, -0.05) is 11.6 Å². The van der Waals surface area contributed by atoms with E-state index in [1.807, 2.05) is 37.4 Å². The standard InChI is InChI=1S/C20H23ClN6O/c1-13-9-14(4-5-17(13)21)23-10-18(28)26-15-3-2-8-27(11-15)20-16-6-7-22-19(16)24-12-25-20/h4-7,9,12,15,23H,2-3,8,10-11H2,1H3,(H,26,28)(H,22,24,25)/t15-/m1/s1. The number of fused-ring (bicyclic) bond motifs is 1. The van der Waals surface area contributed by atoms with Gasteiger partial charge in [0.2, 0.25) is 5.91 Å². The molecule has 1 aliphatic rings. The topological polar surface area (TPSA) is 85.9 Å². The lowest BCUT2D eigenvalue weighted by Gasteiger charge is -2.34. The Hall–Kier alpha value is -2.80. The van der Waals surface area contributed by atoms with Crippen molar-refractivity contribution >= 4 is 40.0 Å². The molecule has 0 saturated carbocycles. The number of aryl methyl sites for hydroxylation is 1. The molecule has 0 aliphatic carbocycles. The molecular weight excluding hydrogens is 376 g/mol. The van der Waals surface area contributed by atoms with Crippen LogP contribution in [0.25, 0.3) is 11.0 Å². The summed E-state index contributed by atoms with van der Waals surface area (Å²) in [5, 5.41) is 8.02. The number of rotatable bonds is 5. The van der Waals surface area contributed by atoms with Crippen molar-refractivity contribution in [3.63, 3.8) is 0 Å². The van der Waals surface area contributed by atoms with Gasteiger partial charge < -0.3 is 20.5 Å². The summed E-state index contributed by atoms with van der Waals surface area (Å²) in [7, 11) is 0. The fourth-order valence-corrected chi connectivity index (χ4v) is 3.73. The fraction of sp³-hybridized carbons (Fsp3) is 0.350. The summed E-state index contributed by atoms with van der Waals surface area (Å²) in [5.74, 6) is 0.897. The minimum absolute atomic E-state index is 0.0195. The Bertz CT molecular complexity index is 988. The lowest BCUT2D eigenvalue weighted by molar-refractivity contribution is -0.120. The maximum Gasteiger partial charge on any atom is 0.239 e. The first kappa shape index (κ1) is 18.6. The van der Waals surface area contributed by atoms with Crippen LogP contribution in [0.5, 0.6) is 0 Å². The Labute approximate surface area is 168 Å². The van der Waals surface area contributed by atoms with Gasteiger partial charge in [0.15, 0.2) is 0 Å². The number of carbonyl (C=O) groups excluding carboxylic acids is 1. The van der Waals surface area contributed by atoms with Crippen LogP contribution in [-0.4, -0.2) is 46.5 Å². The van der Waals surface area contributed by atoms with Gasteiger partial charge in [-0.25, -0.2) is 9.97 Å². The van der Waals surface area contributed by atoms with Crippen molar-refractivity contribution in [1.82, 2.24) is 20.3 Å². The van der Waals surface area contributed by atoms with Gasteiger partial charge >= 0.3 is 0 Å². The third-order valence-electron chi connectivity index (χ3n) is 5.03. The Morgan fingerprint density at radius 2 is 2.25 bits per heavy atom. The van der Waals surface area contributed by atoms with Gasteiger partial charge in [0, 0.05) is 36.0 Å². The summed E-state index contributed by atoms with van der Waals surface area (Å²) in [6.07, 6.45) is 5.42. The first-order valence-corrected chi connectivity index (χ1v) is 9.80. The number of amides is 1. The van der Waals surface area contributed by atoms with Crippen LogP contribution in [0.15, 0.2) is 36.8 Å². The van der Waals surface area contributed by atoms with Gasteiger partial charge in [0.25, 0.3) is 0 Å². The van der Waals surface area contributed by atoms with Crippen molar-refractivity contribution in [2.75, 3.05) is 29.9 Å². The molecule has 0 unspecified atom stereocenters. The first-order valence-electron chi connectivity index (χ1n) is 9.42. The number of halogens is 1. The number of aromatic nitrogens is 3. The minimum atomic E-state index is -0.0195. The zero-order valence-corrected chi connectivity index (χ0v) is 16.5. The molecule has 1 saturated heterocycles.